The third kappa shape index (κ3) is 2.92. The number of aromatic amines is 1. The van der Waals surface area contributed by atoms with E-state index in [9.17, 15) is 9.90 Å². The molecule has 6 heteroatoms. The van der Waals surface area contributed by atoms with Crippen molar-refractivity contribution in [3.63, 3.8) is 0 Å². The fourth-order valence-corrected chi connectivity index (χ4v) is 2.59. The molecule has 0 aliphatic rings. The van der Waals surface area contributed by atoms with Gasteiger partial charge in [-0.15, -0.1) is 0 Å². The Hall–Kier alpha value is -3.67. The van der Waals surface area contributed by atoms with E-state index < -0.39 is 0 Å². The van der Waals surface area contributed by atoms with Crippen molar-refractivity contribution < 1.29 is 11.3 Å². The lowest BCUT2D eigenvalue weighted by atomic mass is 10.2. The largest absolute Gasteiger partial charge is 0.507 e. The van der Waals surface area contributed by atoms with Crippen molar-refractivity contribution in [3.05, 3.63) is 72.6 Å². The molecule has 0 aliphatic heterocycles. The Bertz CT molecular complexity index is 1060. The predicted octanol–water partition coefficient (Wildman–Crippen LogP) is 3.83. The highest BCUT2D eigenvalue weighted by atomic mass is 16.3. The molecule has 0 fully saturated rings. The van der Waals surface area contributed by atoms with Crippen LogP contribution in [0.2, 0.25) is 0 Å². The minimum absolute atomic E-state index is 0. The second-order valence-corrected chi connectivity index (χ2v) is 5.53. The average molecular weight is 332 g/mol. The van der Waals surface area contributed by atoms with E-state index in [-0.39, 0.29) is 18.6 Å². The summed E-state index contributed by atoms with van der Waals surface area (Å²) < 4.78 is 0. The van der Waals surface area contributed by atoms with E-state index in [1.807, 2.05) is 18.2 Å². The molecule has 0 saturated carbocycles. The molecule has 0 atom stereocenters. The third-order valence-electron chi connectivity index (χ3n) is 3.82. The van der Waals surface area contributed by atoms with Crippen molar-refractivity contribution in [2.45, 2.75) is 0 Å². The summed E-state index contributed by atoms with van der Waals surface area (Å²) in [5.74, 6) is 0.290. The number of aromatic nitrogens is 3. The highest BCUT2D eigenvalue weighted by Gasteiger charge is 2.11. The highest BCUT2D eigenvalue weighted by Crippen LogP contribution is 2.23. The van der Waals surface area contributed by atoms with Gasteiger partial charge in [0, 0.05) is 25.1 Å². The summed E-state index contributed by atoms with van der Waals surface area (Å²) in [6.07, 6.45) is 3.44. The Morgan fingerprint density at radius 2 is 2.00 bits per heavy atom. The van der Waals surface area contributed by atoms with Gasteiger partial charge in [0.15, 0.2) is 0 Å². The van der Waals surface area contributed by atoms with Crippen LogP contribution in [0.5, 0.6) is 5.75 Å². The van der Waals surface area contributed by atoms with Crippen LogP contribution in [0.4, 0.5) is 5.69 Å². The number of nitrogens with zero attached hydrogens (tertiary/aromatic N) is 2. The van der Waals surface area contributed by atoms with E-state index in [2.05, 4.69) is 20.3 Å². The van der Waals surface area contributed by atoms with Crippen LogP contribution in [-0.2, 0) is 0 Å². The van der Waals surface area contributed by atoms with E-state index in [0.29, 0.717) is 11.5 Å². The predicted molar refractivity (Wildman–Crippen MR) is 97.5 cm³/mol. The van der Waals surface area contributed by atoms with Crippen LogP contribution in [0, 0.1) is 0 Å². The van der Waals surface area contributed by atoms with E-state index in [1.54, 1.807) is 42.7 Å². The maximum Gasteiger partial charge on any atom is 0.259 e. The van der Waals surface area contributed by atoms with Crippen molar-refractivity contribution in [1.82, 2.24) is 15.0 Å². The zero-order chi connectivity index (χ0) is 17.2. The summed E-state index contributed by atoms with van der Waals surface area (Å²) in [7, 11) is 0. The Morgan fingerprint density at radius 1 is 1.12 bits per heavy atom. The number of nitrogens with one attached hydrogen (secondary N) is 2. The first-order valence-electron chi connectivity index (χ1n) is 7.70. The summed E-state index contributed by atoms with van der Waals surface area (Å²) in [4.78, 5) is 24.1. The number of rotatable bonds is 3. The molecule has 0 bridgehead atoms. The number of imidazole rings is 1. The van der Waals surface area contributed by atoms with Crippen molar-refractivity contribution in [3.8, 4) is 17.1 Å². The third-order valence-corrected chi connectivity index (χ3v) is 3.82. The minimum atomic E-state index is -0.371. The molecule has 2 aromatic heterocycles. The van der Waals surface area contributed by atoms with E-state index in [4.69, 9.17) is 0 Å². The lowest BCUT2D eigenvalue weighted by molar-refractivity contribution is 0.102. The molecule has 0 aliphatic carbocycles. The maximum atomic E-state index is 12.3. The highest BCUT2D eigenvalue weighted by molar-refractivity contribution is 6.06. The van der Waals surface area contributed by atoms with Crippen LogP contribution in [0.3, 0.4) is 0 Å². The summed E-state index contributed by atoms with van der Waals surface area (Å²) in [6.45, 7) is 0. The number of pyridine rings is 1. The SMILES string of the molecule is O=C(Nc1ccc2nc(-c3cccnc3)[nH]c2c1)c1ccccc1O.[HH]. The molecule has 6 nitrogen and oxygen atoms in total. The normalized spacial score (nSPS) is 10.7. The molecule has 1 amide bonds. The van der Waals surface area contributed by atoms with Gasteiger partial charge in [-0.25, -0.2) is 4.98 Å². The fraction of sp³-hybridized carbons (Fsp3) is 0. The molecule has 0 radical (unpaired) electrons. The van der Waals surface area contributed by atoms with Crippen LogP contribution in [0.1, 0.15) is 11.8 Å². The number of para-hydroxylation sites is 1. The molecule has 0 saturated heterocycles. The van der Waals surface area contributed by atoms with E-state index in [0.717, 1.165) is 16.6 Å². The monoisotopic (exact) mass is 332 g/mol. The van der Waals surface area contributed by atoms with Gasteiger partial charge in [0.2, 0.25) is 0 Å². The van der Waals surface area contributed by atoms with E-state index in [1.165, 1.54) is 6.07 Å². The Labute approximate surface area is 144 Å². The van der Waals surface area contributed by atoms with Gasteiger partial charge in [0.05, 0.1) is 16.6 Å². The van der Waals surface area contributed by atoms with Crippen LogP contribution < -0.4 is 5.32 Å². The molecule has 3 N–H and O–H groups in total. The molecule has 4 aromatic rings. The lowest BCUT2D eigenvalue weighted by Crippen LogP contribution is -2.11. The Morgan fingerprint density at radius 3 is 2.80 bits per heavy atom. The summed E-state index contributed by atoms with van der Waals surface area (Å²) in [6, 6.07) is 15.6. The molecule has 25 heavy (non-hydrogen) atoms. The van der Waals surface area contributed by atoms with Gasteiger partial charge >= 0.3 is 0 Å². The number of benzene rings is 2. The zero-order valence-corrected chi connectivity index (χ0v) is 13.1. The second-order valence-electron chi connectivity index (χ2n) is 5.53. The van der Waals surface area contributed by atoms with E-state index >= 15 is 0 Å². The first kappa shape index (κ1) is 14.9. The van der Waals surface area contributed by atoms with Gasteiger partial charge in [-0.2, -0.15) is 0 Å². The maximum absolute atomic E-state index is 12.3. The number of phenols is 1. The van der Waals surface area contributed by atoms with Crippen molar-refractivity contribution in [1.29, 1.82) is 0 Å². The number of phenolic OH excluding ortho intramolecular Hbond substituents is 1. The molecular weight excluding hydrogens is 316 g/mol. The first-order chi connectivity index (χ1) is 12.2. The molecule has 124 valence electrons. The smallest absolute Gasteiger partial charge is 0.259 e. The number of carbonyl (C=O) groups excluding carboxylic acids is 1. The second kappa shape index (κ2) is 6.09. The molecule has 0 spiro atoms. The van der Waals surface area contributed by atoms with Crippen LogP contribution in [0.15, 0.2) is 67.0 Å². The number of amides is 1. The lowest BCUT2D eigenvalue weighted by Gasteiger charge is -2.06. The number of fused-ring (bicyclic) bond motifs is 1. The number of carbonyl (C=O) groups is 1. The van der Waals surface area contributed by atoms with Gasteiger partial charge in [0.1, 0.15) is 11.6 Å². The number of aromatic hydroxyl groups is 1. The number of anilines is 1. The fourth-order valence-electron chi connectivity index (χ4n) is 2.59. The molecule has 0 unspecified atom stereocenters. The van der Waals surface area contributed by atoms with Gasteiger partial charge in [-0.05, 0) is 42.5 Å². The molecule has 2 heterocycles. The number of hydrogen-bond acceptors (Lipinski definition) is 4. The topological polar surface area (TPSA) is 90.9 Å². The molecule has 4 rings (SSSR count). The van der Waals surface area contributed by atoms with Crippen LogP contribution in [-0.4, -0.2) is 26.0 Å². The zero-order valence-electron chi connectivity index (χ0n) is 13.1. The van der Waals surface area contributed by atoms with Gasteiger partial charge in [0.25, 0.3) is 5.91 Å². The van der Waals surface area contributed by atoms with Crippen molar-refractivity contribution in [2.75, 3.05) is 5.32 Å². The summed E-state index contributed by atoms with van der Waals surface area (Å²) in [5, 5.41) is 12.6. The van der Waals surface area contributed by atoms with Crippen LogP contribution >= 0.6 is 0 Å². The summed E-state index contributed by atoms with van der Waals surface area (Å²) in [5.41, 5.74) is 3.32. The van der Waals surface area contributed by atoms with Crippen LogP contribution in [0.25, 0.3) is 22.4 Å². The van der Waals surface area contributed by atoms with Gasteiger partial charge < -0.3 is 15.4 Å². The molecular formula is C19H16N4O2. The number of hydrogen-bond donors (Lipinski definition) is 3. The summed E-state index contributed by atoms with van der Waals surface area (Å²) >= 11 is 0. The van der Waals surface area contributed by atoms with Gasteiger partial charge in [-0.3, -0.25) is 9.78 Å². The average Bonchev–Trinajstić information content (AvgIpc) is 3.06. The molecule has 2 aromatic carbocycles. The Kier molecular flexibility index (Phi) is 3.63. The first-order valence-corrected chi connectivity index (χ1v) is 7.70. The van der Waals surface area contributed by atoms with Crippen molar-refractivity contribution >= 4 is 22.6 Å². The quantitative estimate of drug-likeness (QED) is 0.532. The standard InChI is InChI=1S/C19H14N4O2.H2/c24-17-6-2-1-5-14(17)19(25)21-13-7-8-15-16(10-13)23-18(22-15)12-4-3-9-20-11-12;/h1-11,24H,(H,21,25)(H,22,23);1H. The minimum Gasteiger partial charge on any atom is -0.507 e. The van der Waals surface area contributed by atoms with Crippen molar-refractivity contribution in [2.24, 2.45) is 0 Å². The number of H-pyrrole nitrogens is 1. The Balaban J connectivity index is 0.00000196. The van der Waals surface area contributed by atoms with Gasteiger partial charge in [-0.1, -0.05) is 12.1 Å².